The lowest BCUT2D eigenvalue weighted by Crippen LogP contribution is -2.38. The maximum Gasteiger partial charge on any atom is 0.127 e. The summed E-state index contributed by atoms with van der Waals surface area (Å²) in [5.41, 5.74) is 0. The summed E-state index contributed by atoms with van der Waals surface area (Å²) in [6.07, 6.45) is 1.25. The van der Waals surface area contributed by atoms with Crippen LogP contribution < -0.4 is 5.19 Å². The zero-order valence-corrected chi connectivity index (χ0v) is 10.2. The molecule has 1 unspecified atom stereocenters. The molecule has 0 N–H and O–H groups in total. The molecule has 0 aliphatic rings. The van der Waals surface area contributed by atoms with Crippen molar-refractivity contribution >= 4 is 14.9 Å². The fraction of sp³-hybridized carbons (Fsp3) is 0.455. The summed E-state index contributed by atoms with van der Waals surface area (Å²) in [5, 5.41) is 1.53. The first-order valence-corrected chi connectivity index (χ1v) is 6.32. The van der Waals surface area contributed by atoms with Gasteiger partial charge in [0, 0.05) is 0 Å². The monoisotopic (exact) mass is 193 g/mol. The number of hydrogen-bond donors (Lipinski definition) is 0. The highest BCUT2D eigenvalue weighted by Gasteiger charge is 2.06. The second-order valence-electron chi connectivity index (χ2n) is 3.66. The molecule has 0 saturated heterocycles. The van der Waals surface area contributed by atoms with Crippen molar-refractivity contribution in [2.75, 3.05) is 7.05 Å². The second kappa shape index (κ2) is 5.20. The molecule has 1 atom stereocenters. The van der Waals surface area contributed by atoms with Crippen molar-refractivity contribution < 1.29 is 0 Å². The van der Waals surface area contributed by atoms with Gasteiger partial charge < -0.3 is 4.57 Å². The molecular formula is C11H19NSi. The van der Waals surface area contributed by atoms with Crippen molar-refractivity contribution in [3.63, 3.8) is 0 Å². The summed E-state index contributed by atoms with van der Waals surface area (Å²) in [6, 6.07) is 11.6. The lowest BCUT2D eigenvalue weighted by atomic mass is 10.3. The van der Waals surface area contributed by atoms with E-state index in [0.717, 1.165) is 6.04 Å². The van der Waals surface area contributed by atoms with Crippen molar-refractivity contribution in [3.05, 3.63) is 30.3 Å². The van der Waals surface area contributed by atoms with E-state index >= 15 is 0 Å². The Bertz CT molecular complexity index is 235. The number of nitrogens with zero attached hydrogens (tertiary/aromatic N) is 1. The van der Waals surface area contributed by atoms with Gasteiger partial charge in [-0.15, -0.1) is 0 Å². The highest BCUT2D eigenvalue weighted by atomic mass is 28.2. The normalized spacial score (nSPS) is 14.2. The van der Waals surface area contributed by atoms with Gasteiger partial charge in [0.05, 0.1) is 0 Å². The third-order valence-electron chi connectivity index (χ3n) is 2.62. The highest BCUT2D eigenvalue weighted by molar-refractivity contribution is 6.50. The summed E-state index contributed by atoms with van der Waals surface area (Å²) in [7, 11) is 2.03. The first-order valence-electron chi connectivity index (χ1n) is 4.98. The van der Waals surface area contributed by atoms with E-state index in [2.05, 4.69) is 55.8 Å². The lowest BCUT2D eigenvalue weighted by Gasteiger charge is -2.23. The van der Waals surface area contributed by atoms with Crippen molar-refractivity contribution in [2.45, 2.75) is 26.3 Å². The maximum absolute atomic E-state index is 2.52. The van der Waals surface area contributed by atoms with Crippen LogP contribution in [0.5, 0.6) is 0 Å². The SMILES string of the molecule is CCC(C)N(C)[SiH2]c1ccccc1. The minimum absolute atomic E-state index is 0.212. The predicted molar refractivity (Wildman–Crippen MR) is 62.1 cm³/mol. The third-order valence-corrected chi connectivity index (χ3v) is 4.58. The van der Waals surface area contributed by atoms with Gasteiger partial charge >= 0.3 is 0 Å². The summed E-state index contributed by atoms with van der Waals surface area (Å²) in [4.78, 5) is 0. The molecule has 0 saturated carbocycles. The van der Waals surface area contributed by atoms with E-state index < -0.39 is 0 Å². The topological polar surface area (TPSA) is 3.24 Å². The molecule has 13 heavy (non-hydrogen) atoms. The smallest absolute Gasteiger partial charge is 0.127 e. The Balaban J connectivity index is 2.50. The standard InChI is InChI=1S/C11H19NSi/c1-4-10(2)12(3)13-11-8-6-5-7-9-11/h5-10H,4,13H2,1-3H3. The number of hydrogen-bond acceptors (Lipinski definition) is 1. The Kier molecular flexibility index (Phi) is 4.19. The first kappa shape index (κ1) is 10.5. The molecule has 0 heterocycles. The number of rotatable bonds is 4. The van der Waals surface area contributed by atoms with E-state index in [9.17, 15) is 0 Å². The average molecular weight is 193 g/mol. The summed E-state index contributed by atoms with van der Waals surface area (Å²) in [6.45, 7) is 4.55. The summed E-state index contributed by atoms with van der Waals surface area (Å²) >= 11 is 0. The Hall–Kier alpha value is -0.603. The van der Waals surface area contributed by atoms with Crippen LogP contribution in [0.3, 0.4) is 0 Å². The van der Waals surface area contributed by atoms with Gasteiger partial charge in [-0.1, -0.05) is 44.2 Å². The van der Waals surface area contributed by atoms with Crippen molar-refractivity contribution in [3.8, 4) is 0 Å². The molecule has 0 aliphatic carbocycles. The molecule has 1 aromatic rings. The predicted octanol–water partition coefficient (Wildman–Crippen LogP) is 1.13. The van der Waals surface area contributed by atoms with Gasteiger partial charge in [0.15, 0.2) is 0 Å². The number of benzene rings is 1. The van der Waals surface area contributed by atoms with Crippen LogP contribution in [0.15, 0.2) is 30.3 Å². The molecule has 2 heteroatoms. The van der Waals surface area contributed by atoms with Crippen LogP contribution in [-0.2, 0) is 0 Å². The van der Waals surface area contributed by atoms with Gasteiger partial charge in [-0.05, 0) is 24.7 Å². The molecule has 0 amide bonds. The zero-order valence-electron chi connectivity index (χ0n) is 8.83. The summed E-state index contributed by atoms with van der Waals surface area (Å²) in [5.74, 6) is 0. The third kappa shape index (κ3) is 3.33. The molecule has 1 rings (SSSR count). The van der Waals surface area contributed by atoms with E-state index in [1.54, 1.807) is 0 Å². The van der Waals surface area contributed by atoms with E-state index in [-0.39, 0.29) is 9.68 Å². The molecule has 0 aromatic heterocycles. The molecule has 0 radical (unpaired) electrons. The van der Waals surface area contributed by atoms with Gasteiger partial charge in [-0.2, -0.15) is 0 Å². The second-order valence-corrected chi connectivity index (χ2v) is 5.79. The van der Waals surface area contributed by atoms with E-state index in [1.807, 2.05) is 0 Å². The van der Waals surface area contributed by atoms with Crippen LogP contribution in [0.1, 0.15) is 20.3 Å². The Morgan fingerprint density at radius 1 is 1.31 bits per heavy atom. The van der Waals surface area contributed by atoms with E-state index in [4.69, 9.17) is 0 Å². The van der Waals surface area contributed by atoms with Crippen LogP contribution in [-0.4, -0.2) is 27.3 Å². The van der Waals surface area contributed by atoms with E-state index in [1.165, 1.54) is 11.6 Å². The van der Waals surface area contributed by atoms with Crippen LogP contribution >= 0.6 is 0 Å². The lowest BCUT2D eigenvalue weighted by molar-refractivity contribution is 0.405. The van der Waals surface area contributed by atoms with E-state index in [0.29, 0.717) is 0 Å². The molecule has 72 valence electrons. The Morgan fingerprint density at radius 2 is 1.92 bits per heavy atom. The molecule has 1 aromatic carbocycles. The van der Waals surface area contributed by atoms with Crippen LogP contribution in [0.4, 0.5) is 0 Å². The maximum atomic E-state index is 2.52. The van der Waals surface area contributed by atoms with Crippen LogP contribution in [0.25, 0.3) is 0 Å². The highest BCUT2D eigenvalue weighted by Crippen LogP contribution is 1.97. The van der Waals surface area contributed by atoms with Crippen molar-refractivity contribution in [1.82, 2.24) is 4.57 Å². The van der Waals surface area contributed by atoms with Gasteiger partial charge in [0.25, 0.3) is 0 Å². The van der Waals surface area contributed by atoms with Gasteiger partial charge in [-0.25, -0.2) is 0 Å². The zero-order chi connectivity index (χ0) is 9.68. The molecule has 0 bridgehead atoms. The average Bonchev–Trinajstić information content (AvgIpc) is 2.18. The Labute approximate surface area is 83.7 Å². The minimum Gasteiger partial charge on any atom is -0.325 e. The van der Waals surface area contributed by atoms with Gasteiger partial charge in [0.2, 0.25) is 0 Å². The fourth-order valence-electron chi connectivity index (χ4n) is 1.34. The van der Waals surface area contributed by atoms with Gasteiger partial charge in [-0.3, -0.25) is 0 Å². The molecule has 0 fully saturated rings. The largest absolute Gasteiger partial charge is 0.325 e. The minimum atomic E-state index is -0.212. The molecule has 1 nitrogen and oxygen atoms in total. The van der Waals surface area contributed by atoms with Crippen molar-refractivity contribution in [2.24, 2.45) is 0 Å². The van der Waals surface area contributed by atoms with Gasteiger partial charge in [0.1, 0.15) is 9.68 Å². The fourth-order valence-corrected chi connectivity index (χ4v) is 2.97. The van der Waals surface area contributed by atoms with Crippen LogP contribution in [0, 0.1) is 0 Å². The summed E-state index contributed by atoms with van der Waals surface area (Å²) < 4.78 is 2.52. The first-order chi connectivity index (χ1) is 6.24. The van der Waals surface area contributed by atoms with Crippen molar-refractivity contribution in [1.29, 1.82) is 0 Å². The molecule has 0 aliphatic heterocycles. The van der Waals surface area contributed by atoms with Crippen LogP contribution in [0.2, 0.25) is 0 Å². The molecule has 0 spiro atoms. The Morgan fingerprint density at radius 3 is 2.46 bits per heavy atom. The molecular weight excluding hydrogens is 174 g/mol. The quantitative estimate of drug-likeness (QED) is 0.648.